The van der Waals surface area contributed by atoms with Crippen molar-refractivity contribution in [3.8, 4) is 17.2 Å². The fourth-order valence-electron chi connectivity index (χ4n) is 3.96. The summed E-state index contributed by atoms with van der Waals surface area (Å²) in [4.78, 5) is 18.3. The number of para-hydroxylation sites is 2. The Bertz CT molecular complexity index is 949. The first-order valence-electron chi connectivity index (χ1n) is 10.0. The predicted octanol–water partition coefficient (Wildman–Crippen LogP) is 3.10. The Balaban J connectivity index is 1.16. The van der Waals surface area contributed by atoms with E-state index in [1.165, 1.54) is 11.9 Å². The summed E-state index contributed by atoms with van der Waals surface area (Å²) in [7, 11) is 1.71. The molecule has 2 amide bonds. The first kappa shape index (κ1) is 19.2. The van der Waals surface area contributed by atoms with Crippen LogP contribution in [0.3, 0.4) is 0 Å². The van der Waals surface area contributed by atoms with Gasteiger partial charge in [-0.25, -0.2) is 4.79 Å². The van der Waals surface area contributed by atoms with Crippen molar-refractivity contribution < 1.29 is 19.0 Å². The lowest BCUT2D eigenvalue weighted by Crippen LogP contribution is -2.49. The molecule has 0 aromatic heterocycles. The first-order chi connectivity index (χ1) is 14.7. The van der Waals surface area contributed by atoms with Crippen molar-refractivity contribution in [2.45, 2.75) is 4.90 Å². The number of piperazine rings is 1. The smallest absolute Gasteiger partial charge is 0.332 e. The van der Waals surface area contributed by atoms with Gasteiger partial charge in [0.25, 0.3) is 0 Å². The Labute approximate surface area is 179 Å². The molecule has 3 heterocycles. The third kappa shape index (κ3) is 3.59. The number of urea groups is 1. The van der Waals surface area contributed by atoms with Gasteiger partial charge in [-0.3, -0.25) is 9.21 Å². The van der Waals surface area contributed by atoms with Gasteiger partial charge in [-0.2, -0.15) is 0 Å². The van der Waals surface area contributed by atoms with Crippen molar-refractivity contribution in [1.82, 2.24) is 9.21 Å². The molecule has 8 nitrogen and oxygen atoms in total. The number of carbonyl (C=O) groups excluding carboxylic acids is 1. The number of methoxy groups -OCH3 is 1. The normalized spacial score (nSPS) is 18.2. The number of fused-ring (bicyclic) bond motifs is 3. The Kier molecular flexibility index (Phi) is 5.22. The van der Waals surface area contributed by atoms with E-state index in [2.05, 4.69) is 21.2 Å². The molecule has 3 aliphatic heterocycles. The Morgan fingerprint density at radius 2 is 1.90 bits per heavy atom. The summed E-state index contributed by atoms with van der Waals surface area (Å²) in [5.41, 5.74) is 1.85. The number of amides is 2. The highest BCUT2D eigenvalue weighted by molar-refractivity contribution is 7.97. The molecule has 1 fully saturated rings. The van der Waals surface area contributed by atoms with Crippen LogP contribution >= 0.6 is 11.9 Å². The molecule has 0 aliphatic carbocycles. The number of anilines is 2. The quantitative estimate of drug-likeness (QED) is 0.734. The largest absolute Gasteiger partial charge is 0.495 e. The van der Waals surface area contributed by atoms with Crippen molar-refractivity contribution in [1.29, 1.82) is 0 Å². The molecule has 1 N–H and O–H groups in total. The second-order valence-corrected chi connectivity index (χ2v) is 8.36. The van der Waals surface area contributed by atoms with E-state index in [1.807, 2.05) is 30.3 Å². The third-order valence-corrected chi connectivity index (χ3v) is 6.69. The summed E-state index contributed by atoms with van der Waals surface area (Å²) in [6.45, 7) is 5.45. The van der Waals surface area contributed by atoms with Crippen LogP contribution in [0.2, 0.25) is 0 Å². The third-order valence-electron chi connectivity index (χ3n) is 5.59. The second kappa shape index (κ2) is 8.16. The molecule has 1 saturated heterocycles. The SMILES string of the molecule is COc1ccccc1N1CCN(CCN2Sc3ccc4c(c3NC2=O)OCO4)CC1. The van der Waals surface area contributed by atoms with E-state index in [0.717, 1.165) is 49.1 Å². The van der Waals surface area contributed by atoms with Crippen LogP contribution in [-0.2, 0) is 0 Å². The summed E-state index contributed by atoms with van der Waals surface area (Å²) in [5, 5.41) is 2.96. The molecule has 2 aromatic carbocycles. The highest BCUT2D eigenvalue weighted by Crippen LogP contribution is 2.47. The zero-order valence-corrected chi connectivity index (χ0v) is 17.6. The van der Waals surface area contributed by atoms with Crippen LogP contribution in [0.5, 0.6) is 17.2 Å². The van der Waals surface area contributed by atoms with Gasteiger partial charge >= 0.3 is 6.03 Å². The van der Waals surface area contributed by atoms with Crippen LogP contribution in [0.15, 0.2) is 41.3 Å². The van der Waals surface area contributed by atoms with Crippen molar-refractivity contribution in [2.75, 3.05) is 63.4 Å². The number of rotatable bonds is 5. The lowest BCUT2D eigenvalue weighted by Gasteiger charge is -2.37. The molecule has 9 heteroatoms. The maximum atomic E-state index is 12.6. The average molecular weight is 429 g/mol. The predicted molar refractivity (Wildman–Crippen MR) is 116 cm³/mol. The van der Waals surface area contributed by atoms with E-state index in [9.17, 15) is 4.79 Å². The van der Waals surface area contributed by atoms with E-state index in [0.29, 0.717) is 23.7 Å². The Morgan fingerprint density at radius 1 is 1.07 bits per heavy atom. The minimum atomic E-state index is -0.121. The maximum Gasteiger partial charge on any atom is 0.332 e. The highest BCUT2D eigenvalue weighted by Gasteiger charge is 2.30. The molecule has 0 bridgehead atoms. The Morgan fingerprint density at radius 3 is 2.73 bits per heavy atom. The van der Waals surface area contributed by atoms with Crippen LogP contribution < -0.4 is 24.4 Å². The lowest BCUT2D eigenvalue weighted by molar-refractivity contribution is 0.174. The number of carbonyl (C=O) groups is 1. The molecule has 2 aromatic rings. The molecule has 3 aliphatic rings. The van der Waals surface area contributed by atoms with E-state index in [1.54, 1.807) is 11.4 Å². The highest BCUT2D eigenvalue weighted by atomic mass is 32.2. The van der Waals surface area contributed by atoms with Crippen LogP contribution in [0, 0.1) is 0 Å². The summed E-state index contributed by atoms with van der Waals surface area (Å²) >= 11 is 1.45. The maximum absolute atomic E-state index is 12.6. The molecule has 158 valence electrons. The number of benzene rings is 2. The van der Waals surface area contributed by atoms with Gasteiger partial charge in [0, 0.05) is 39.3 Å². The second-order valence-electron chi connectivity index (χ2n) is 7.30. The molecule has 0 spiro atoms. The van der Waals surface area contributed by atoms with Crippen LogP contribution in [0.4, 0.5) is 16.2 Å². The first-order valence-corrected chi connectivity index (χ1v) is 10.8. The Hall–Kier alpha value is -2.78. The number of hydrogen-bond acceptors (Lipinski definition) is 7. The molecule has 0 radical (unpaired) electrons. The molecular weight excluding hydrogens is 404 g/mol. The zero-order chi connectivity index (χ0) is 20.5. The lowest BCUT2D eigenvalue weighted by atomic mass is 10.2. The molecule has 0 unspecified atom stereocenters. The fraction of sp³-hybridized carbons (Fsp3) is 0.381. The van der Waals surface area contributed by atoms with Crippen molar-refractivity contribution in [3.05, 3.63) is 36.4 Å². The van der Waals surface area contributed by atoms with Crippen molar-refractivity contribution in [3.63, 3.8) is 0 Å². The van der Waals surface area contributed by atoms with Gasteiger partial charge in [-0.1, -0.05) is 12.1 Å². The van der Waals surface area contributed by atoms with E-state index in [-0.39, 0.29) is 12.8 Å². The minimum absolute atomic E-state index is 0.121. The van der Waals surface area contributed by atoms with Gasteiger partial charge in [0.05, 0.1) is 17.7 Å². The average Bonchev–Trinajstić information content (AvgIpc) is 3.27. The van der Waals surface area contributed by atoms with Crippen LogP contribution in [0.1, 0.15) is 0 Å². The fourth-order valence-corrected chi connectivity index (χ4v) is 4.86. The molecule has 5 rings (SSSR count). The zero-order valence-electron chi connectivity index (χ0n) is 16.8. The summed E-state index contributed by atoms with van der Waals surface area (Å²) in [5.74, 6) is 2.21. The van der Waals surface area contributed by atoms with Crippen LogP contribution in [0.25, 0.3) is 0 Å². The number of ether oxygens (including phenoxy) is 3. The summed E-state index contributed by atoms with van der Waals surface area (Å²) < 4.78 is 18.2. The molecule has 0 atom stereocenters. The molecule has 30 heavy (non-hydrogen) atoms. The van der Waals surface area contributed by atoms with Crippen LogP contribution in [-0.4, -0.2) is 68.4 Å². The summed E-state index contributed by atoms with van der Waals surface area (Å²) in [6, 6.07) is 11.9. The van der Waals surface area contributed by atoms with E-state index >= 15 is 0 Å². The van der Waals surface area contributed by atoms with Gasteiger partial charge in [0.15, 0.2) is 11.5 Å². The van der Waals surface area contributed by atoms with E-state index in [4.69, 9.17) is 14.2 Å². The van der Waals surface area contributed by atoms with Crippen molar-refractivity contribution >= 4 is 29.4 Å². The van der Waals surface area contributed by atoms with Gasteiger partial charge < -0.3 is 24.4 Å². The number of nitrogens with zero attached hydrogens (tertiary/aromatic N) is 3. The van der Waals surface area contributed by atoms with E-state index < -0.39 is 0 Å². The topological polar surface area (TPSA) is 66.5 Å². The van der Waals surface area contributed by atoms with Crippen molar-refractivity contribution in [2.24, 2.45) is 0 Å². The summed E-state index contributed by atoms with van der Waals surface area (Å²) in [6.07, 6.45) is 0. The van der Waals surface area contributed by atoms with Gasteiger partial charge in [-0.05, 0) is 36.2 Å². The minimum Gasteiger partial charge on any atom is -0.495 e. The monoisotopic (exact) mass is 428 g/mol. The molecular formula is C21H24N4O4S. The standard InChI is InChI=1S/C21H24N4O4S/c1-27-16-5-3-2-4-15(16)24-11-8-23(9-12-24)10-13-25-21(26)22-19-18(30-25)7-6-17-20(19)29-14-28-17/h2-7H,8-14H2,1H3,(H,22,26). The number of hydrogen-bond donors (Lipinski definition) is 1. The number of nitrogens with one attached hydrogen (secondary N) is 1. The van der Waals surface area contributed by atoms with Gasteiger partial charge in [0.2, 0.25) is 6.79 Å². The van der Waals surface area contributed by atoms with Gasteiger partial charge in [0.1, 0.15) is 11.4 Å². The van der Waals surface area contributed by atoms with Gasteiger partial charge in [-0.15, -0.1) is 0 Å². The molecule has 0 saturated carbocycles.